The smallest absolute Gasteiger partial charge is 0.340 e. The molecule has 0 radical (unpaired) electrons. The van der Waals surface area contributed by atoms with Crippen LogP contribution in [-0.4, -0.2) is 48.2 Å². The second-order valence-electron chi connectivity index (χ2n) is 5.00. The number of halogens is 2. The Balaban J connectivity index is 2.19. The van der Waals surface area contributed by atoms with Crippen molar-refractivity contribution in [1.82, 2.24) is 4.90 Å². The van der Waals surface area contributed by atoms with E-state index in [4.69, 9.17) is 5.11 Å². The summed E-state index contributed by atoms with van der Waals surface area (Å²) in [4.78, 5) is 36.1. The van der Waals surface area contributed by atoms with Gasteiger partial charge < -0.3 is 20.1 Å². The predicted octanol–water partition coefficient (Wildman–Crippen LogP) is 2.31. The van der Waals surface area contributed by atoms with Crippen LogP contribution in [0.2, 0.25) is 0 Å². The summed E-state index contributed by atoms with van der Waals surface area (Å²) in [6.45, 7) is 0.336. The van der Waals surface area contributed by atoms with Crippen LogP contribution in [0.5, 0.6) is 0 Å². The molecule has 0 saturated carbocycles. The number of nitrogens with one attached hydrogen (secondary N) is 1. The van der Waals surface area contributed by atoms with E-state index < -0.39 is 29.7 Å². The molecule has 1 heterocycles. The Labute approximate surface area is 139 Å². The van der Waals surface area contributed by atoms with Crippen LogP contribution in [0.4, 0.5) is 14.9 Å². The average Bonchev–Trinajstić information content (AvgIpc) is 3.00. The number of carboxylic acid groups (broad SMARTS) is 1. The Morgan fingerprint density at radius 3 is 2.70 bits per heavy atom. The van der Waals surface area contributed by atoms with Crippen LogP contribution in [0.15, 0.2) is 16.6 Å². The minimum Gasteiger partial charge on any atom is -0.481 e. The van der Waals surface area contributed by atoms with E-state index in [9.17, 15) is 18.8 Å². The molecule has 9 heteroatoms. The second-order valence-corrected chi connectivity index (χ2v) is 5.86. The number of carbonyl (C=O) groups excluding carboxylic acids is 2. The molecule has 7 nitrogen and oxygen atoms in total. The number of ether oxygens (including phenoxy) is 1. The number of urea groups is 1. The molecule has 1 aliphatic rings. The van der Waals surface area contributed by atoms with Gasteiger partial charge in [-0.15, -0.1) is 0 Å². The van der Waals surface area contributed by atoms with Gasteiger partial charge >= 0.3 is 18.0 Å². The number of aliphatic carboxylic acids is 1. The van der Waals surface area contributed by atoms with Crippen LogP contribution >= 0.6 is 15.9 Å². The minimum absolute atomic E-state index is 0.0110. The maximum Gasteiger partial charge on any atom is 0.340 e. The van der Waals surface area contributed by atoms with Gasteiger partial charge in [-0.25, -0.2) is 14.0 Å². The lowest BCUT2D eigenvalue weighted by molar-refractivity contribution is -0.141. The number of hydrogen-bond acceptors (Lipinski definition) is 4. The van der Waals surface area contributed by atoms with Crippen molar-refractivity contribution in [3.8, 4) is 0 Å². The highest BCUT2D eigenvalue weighted by Crippen LogP contribution is 2.26. The molecule has 124 valence electrons. The van der Waals surface area contributed by atoms with Crippen LogP contribution in [0, 0.1) is 11.7 Å². The number of nitrogens with zero attached hydrogens (tertiary/aromatic N) is 1. The molecule has 2 amide bonds. The van der Waals surface area contributed by atoms with Crippen molar-refractivity contribution in [3.05, 3.63) is 28.0 Å². The zero-order chi connectivity index (χ0) is 17.1. The van der Waals surface area contributed by atoms with Crippen molar-refractivity contribution >= 4 is 39.6 Å². The number of hydrogen-bond donors (Lipinski definition) is 2. The zero-order valence-corrected chi connectivity index (χ0v) is 13.7. The number of amides is 2. The molecule has 0 aliphatic carbocycles. The number of esters is 1. The predicted molar refractivity (Wildman–Crippen MR) is 81.8 cm³/mol. The Morgan fingerprint density at radius 2 is 2.13 bits per heavy atom. The van der Waals surface area contributed by atoms with Gasteiger partial charge in [0.05, 0.1) is 28.8 Å². The van der Waals surface area contributed by atoms with Gasteiger partial charge in [-0.2, -0.15) is 0 Å². The molecule has 0 spiro atoms. The molecular weight excluding hydrogens is 375 g/mol. The first-order valence-electron chi connectivity index (χ1n) is 6.69. The molecule has 1 aromatic carbocycles. The maximum atomic E-state index is 13.7. The lowest BCUT2D eigenvalue weighted by atomic mass is 10.1. The van der Waals surface area contributed by atoms with Gasteiger partial charge in [-0.3, -0.25) is 4.79 Å². The Hall–Kier alpha value is -2.16. The molecular formula is C14H14BrFN2O5. The van der Waals surface area contributed by atoms with E-state index in [1.807, 2.05) is 0 Å². The first-order valence-corrected chi connectivity index (χ1v) is 7.49. The molecule has 1 fully saturated rings. The molecule has 2 N–H and O–H groups in total. The van der Waals surface area contributed by atoms with Crippen molar-refractivity contribution in [3.63, 3.8) is 0 Å². The summed E-state index contributed by atoms with van der Waals surface area (Å²) in [7, 11) is 1.17. The third-order valence-electron chi connectivity index (χ3n) is 3.53. The summed E-state index contributed by atoms with van der Waals surface area (Å²) in [5.41, 5.74) is -0.0515. The highest BCUT2D eigenvalue weighted by Gasteiger charge is 2.31. The van der Waals surface area contributed by atoms with Crippen LogP contribution in [0.3, 0.4) is 0 Å². The number of likely N-dealkylation sites (tertiary alicyclic amines) is 1. The highest BCUT2D eigenvalue weighted by molar-refractivity contribution is 9.10. The molecule has 0 aromatic heterocycles. The Morgan fingerprint density at radius 1 is 1.43 bits per heavy atom. The normalized spacial score (nSPS) is 17.0. The van der Waals surface area contributed by atoms with Gasteiger partial charge in [-0.1, -0.05) is 0 Å². The zero-order valence-electron chi connectivity index (χ0n) is 12.1. The van der Waals surface area contributed by atoms with Gasteiger partial charge in [0, 0.05) is 13.1 Å². The van der Waals surface area contributed by atoms with Crippen molar-refractivity contribution in [2.24, 2.45) is 5.92 Å². The molecule has 0 bridgehead atoms. The SMILES string of the molecule is COC(=O)c1cc(Br)c(F)cc1NC(=O)N1CCC(C(=O)O)C1. The van der Waals surface area contributed by atoms with E-state index in [1.54, 1.807) is 0 Å². The molecule has 23 heavy (non-hydrogen) atoms. The summed E-state index contributed by atoms with van der Waals surface area (Å²) in [5.74, 6) is -2.98. The first-order chi connectivity index (χ1) is 10.8. The average molecular weight is 389 g/mol. The monoisotopic (exact) mass is 388 g/mol. The summed E-state index contributed by atoms with van der Waals surface area (Å²) in [6.07, 6.45) is 0.349. The summed E-state index contributed by atoms with van der Waals surface area (Å²) in [5, 5.41) is 11.4. The van der Waals surface area contributed by atoms with Crippen molar-refractivity contribution < 1.29 is 28.6 Å². The van der Waals surface area contributed by atoms with E-state index in [-0.39, 0.29) is 28.8 Å². The lowest BCUT2D eigenvalue weighted by Gasteiger charge is -2.18. The lowest BCUT2D eigenvalue weighted by Crippen LogP contribution is -2.34. The van der Waals surface area contributed by atoms with Crippen LogP contribution in [0.1, 0.15) is 16.8 Å². The third-order valence-corrected chi connectivity index (χ3v) is 4.14. The molecule has 1 unspecified atom stereocenters. The van der Waals surface area contributed by atoms with E-state index in [0.29, 0.717) is 6.42 Å². The van der Waals surface area contributed by atoms with E-state index in [0.717, 1.165) is 6.07 Å². The molecule has 1 atom stereocenters. The van der Waals surface area contributed by atoms with E-state index in [1.165, 1.54) is 18.1 Å². The fourth-order valence-corrected chi connectivity index (χ4v) is 2.61. The molecule has 2 rings (SSSR count). The number of anilines is 1. The van der Waals surface area contributed by atoms with Gasteiger partial charge in [0.2, 0.25) is 0 Å². The molecule has 1 aliphatic heterocycles. The molecule has 1 saturated heterocycles. The number of benzene rings is 1. The van der Waals surface area contributed by atoms with E-state index in [2.05, 4.69) is 26.0 Å². The maximum absolute atomic E-state index is 13.7. The number of rotatable bonds is 3. The summed E-state index contributed by atoms with van der Waals surface area (Å²) in [6, 6.07) is 1.61. The summed E-state index contributed by atoms with van der Waals surface area (Å²) < 4.78 is 18.3. The minimum atomic E-state index is -0.967. The van der Waals surface area contributed by atoms with Crippen LogP contribution in [0.25, 0.3) is 0 Å². The van der Waals surface area contributed by atoms with Gasteiger partial charge in [0.25, 0.3) is 0 Å². The standard InChI is InChI=1S/C14H14BrFN2O5/c1-23-13(21)8-4-9(15)10(16)5-11(8)17-14(22)18-3-2-7(6-18)12(19)20/h4-5,7H,2-3,6H2,1H3,(H,17,22)(H,19,20). The van der Waals surface area contributed by atoms with E-state index >= 15 is 0 Å². The fraction of sp³-hybridized carbons (Fsp3) is 0.357. The molecule has 1 aromatic rings. The summed E-state index contributed by atoms with van der Waals surface area (Å²) >= 11 is 2.96. The quantitative estimate of drug-likeness (QED) is 0.774. The Kier molecular flexibility index (Phi) is 5.19. The number of carboxylic acids is 1. The third kappa shape index (κ3) is 3.79. The van der Waals surface area contributed by atoms with Gasteiger partial charge in [0.15, 0.2) is 0 Å². The first kappa shape index (κ1) is 17.2. The number of methoxy groups -OCH3 is 1. The second kappa shape index (κ2) is 6.95. The number of carbonyl (C=O) groups is 3. The van der Waals surface area contributed by atoms with Crippen molar-refractivity contribution in [2.45, 2.75) is 6.42 Å². The van der Waals surface area contributed by atoms with Crippen LogP contribution in [-0.2, 0) is 9.53 Å². The van der Waals surface area contributed by atoms with Crippen molar-refractivity contribution in [2.75, 3.05) is 25.5 Å². The van der Waals surface area contributed by atoms with Gasteiger partial charge in [-0.05, 0) is 34.5 Å². The fourth-order valence-electron chi connectivity index (χ4n) is 2.27. The largest absolute Gasteiger partial charge is 0.481 e. The van der Waals surface area contributed by atoms with Gasteiger partial charge in [0.1, 0.15) is 5.82 Å². The topological polar surface area (TPSA) is 95.9 Å². The van der Waals surface area contributed by atoms with Crippen LogP contribution < -0.4 is 5.32 Å². The van der Waals surface area contributed by atoms with Crippen molar-refractivity contribution in [1.29, 1.82) is 0 Å². The Bertz CT molecular complexity index is 667. The highest BCUT2D eigenvalue weighted by atomic mass is 79.9.